The number of methoxy groups -OCH3 is 1. The highest BCUT2D eigenvalue weighted by Gasteiger charge is 2.32. The molecule has 0 aliphatic carbocycles. The van der Waals surface area contributed by atoms with E-state index in [0.717, 1.165) is 24.0 Å². The summed E-state index contributed by atoms with van der Waals surface area (Å²) in [4.78, 5) is 14.7. The second-order valence-electron chi connectivity index (χ2n) is 8.13. The minimum atomic E-state index is -3.96. The van der Waals surface area contributed by atoms with Gasteiger partial charge in [0.05, 0.1) is 12.8 Å². The van der Waals surface area contributed by atoms with Crippen molar-refractivity contribution in [1.82, 2.24) is 0 Å². The summed E-state index contributed by atoms with van der Waals surface area (Å²) in [5, 5.41) is 2.78. The molecule has 0 spiro atoms. The number of aryl methyl sites for hydroxylation is 1. The first-order valence-electron chi connectivity index (χ1n) is 11.1. The van der Waals surface area contributed by atoms with Gasteiger partial charge in [-0.05, 0) is 61.9 Å². The lowest BCUT2D eigenvalue weighted by Crippen LogP contribution is -2.37. The van der Waals surface area contributed by atoms with Crippen molar-refractivity contribution in [1.29, 1.82) is 0 Å². The Morgan fingerprint density at radius 2 is 1.82 bits per heavy atom. The third-order valence-electron chi connectivity index (χ3n) is 5.61. The Kier molecular flexibility index (Phi) is 6.70. The lowest BCUT2D eigenvalue weighted by Gasteiger charge is -2.31. The summed E-state index contributed by atoms with van der Waals surface area (Å²) >= 11 is 0. The molecule has 1 N–H and O–H groups in total. The Balaban J connectivity index is 1.70. The van der Waals surface area contributed by atoms with Crippen molar-refractivity contribution < 1.29 is 17.9 Å². The molecule has 0 aromatic heterocycles. The van der Waals surface area contributed by atoms with Gasteiger partial charge in [0.25, 0.3) is 15.9 Å². The summed E-state index contributed by atoms with van der Waals surface area (Å²) < 4.78 is 35.7. The average molecular weight is 478 g/mol. The summed E-state index contributed by atoms with van der Waals surface area (Å²) in [5.74, 6) is 0.716. The second kappa shape index (κ2) is 9.69. The van der Waals surface area contributed by atoms with E-state index in [1.54, 1.807) is 43.5 Å². The number of rotatable bonds is 7. The highest BCUT2D eigenvalue weighted by molar-refractivity contribution is 7.90. The van der Waals surface area contributed by atoms with Gasteiger partial charge in [-0.1, -0.05) is 37.1 Å². The molecule has 8 heteroatoms. The maximum absolute atomic E-state index is 13.2. The van der Waals surface area contributed by atoms with Crippen LogP contribution in [0.1, 0.15) is 41.3 Å². The van der Waals surface area contributed by atoms with E-state index in [1.165, 1.54) is 6.07 Å². The highest BCUT2D eigenvalue weighted by atomic mass is 32.2. The number of ether oxygens (including phenoxy) is 1. The normalized spacial score (nSPS) is 14.2. The van der Waals surface area contributed by atoms with Crippen LogP contribution in [0.3, 0.4) is 0 Å². The van der Waals surface area contributed by atoms with Crippen LogP contribution in [0.4, 0.5) is 11.4 Å². The number of benzene rings is 3. The van der Waals surface area contributed by atoms with Gasteiger partial charge in [-0.2, -0.15) is 8.42 Å². The molecule has 0 atom stereocenters. The van der Waals surface area contributed by atoms with Gasteiger partial charge < -0.3 is 15.0 Å². The Labute approximate surface area is 200 Å². The van der Waals surface area contributed by atoms with Gasteiger partial charge in [0.15, 0.2) is 5.84 Å². The first kappa shape index (κ1) is 23.5. The number of fused-ring (bicyclic) bond motifs is 1. The number of sulfonamides is 1. The van der Waals surface area contributed by atoms with Crippen LogP contribution in [0.15, 0.2) is 76.0 Å². The number of anilines is 2. The van der Waals surface area contributed by atoms with Gasteiger partial charge >= 0.3 is 0 Å². The molecule has 0 bridgehead atoms. The molecule has 34 heavy (non-hydrogen) atoms. The van der Waals surface area contributed by atoms with Gasteiger partial charge in [-0.25, -0.2) is 0 Å². The van der Waals surface area contributed by atoms with Gasteiger partial charge in [-0.3, -0.25) is 4.79 Å². The summed E-state index contributed by atoms with van der Waals surface area (Å²) in [6, 6.07) is 19.3. The molecular weight excluding hydrogens is 450 g/mol. The largest absolute Gasteiger partial charge is 0.497 e. The number of amides is 1. The monoisotopic (exact) mass is 477 g/mol. The number of carbonyl (C=O) groups excluding carboxylic acids is 1. The molecule has 3 aromatic rings. The van der Waals surface area contributed by atoms with Crippen LogP contribution in [0, 0.1) is 6.92 Å². The van der Waals surface area contributed by atoms with Crippen molar-refractivity contribution >= 4 is 33.1 Å². The Morgan fingerprint density at radius 3 is 2.50 bits per heavy atom. The van der Waals surface area contributed by atoms with E-state index in [1.807, 2.05) is 36.1 Å². The van der Waals surface area contributed by atoms with Crippen LogP contribution >= 0.6 is 0 Å². The Bertz CT molecular complexity index is 1350. The lowest BCUT2D eigenvalue weighted by molar-refractivity contribution is 0.102. The van der Waals surface area contributed by atoms with Crippen LogP contribution < -0.4 is 15.0 Å². The van der Waals surface area contributed by atoms with Gasteiger partial charge in [0.2, 0.25) is 0 Å². The molecule has 1 aliphatic rings. The van der Waals surface area contributed by atoms with Crippen LogP contribution in [-0.2, 0) is 10.0 Å². The van der Waals surface area contributed by atoms with Gasteiger partial charge in [0, 0.05) is 23.4 Å². The summed E-state index contributed by atoms with van der Waals surface area (Å²) in [6.45, 7) is 4.68. The van der Waals surface area contributed by atoms with E-state index in [9.17, 15) is 13.2 Å². The number of hydrogen-bond donors (Lipinski definition) is 1. The fourth-order valence-corrected chi connectivity index (χ4v) is 5.08. The number of nitrogens with one attached hydrogen (secondary N) is 1. The predicted molar refractivity (Wildman–Crippen MR) is 135 cm³/mol. The molecule has 0 unspecified atom stereocenters. The third-order valence-corrected chi connectivity index (χ3v) is 6.91. The third kappa shape index (κ3) is 4.82. The van der Waals surface area contributed by atoms with E-state index < -0.39 is 10.0 Å². The number of carbonyl (C=O) groups is 1. The second-order valence-corrected chi connectivity index (χ2v) is 9.70. The van der Waals surface area contributed by atoms with Gasteiger partial charge in [0.1, 0.15) is 10.6 Å². The van der Waals surface area contributed by atoms with Crippen molar-refractivity contribution in [2.24, 2.45) is 4.40 Å². The van der Waals surface area contributed by atoms with E-state index in [4.69, 9.17) is 4.74 Å². The van der Waals surface area contributed by atoms with E-state index >= 15 is 0 Å². The number of unbranched alkanes of at least 4 members (excludes halogenated alkanes) is 1. The minimum absolute atomic E-state index is 0.0764. The van der Waals surface area contributed by atoms with Crippen molar-refractivity contribution in [2.45, 2.75) is 31.6 Å². The molecule has 0 saturated carbocycles. The summed E-state index contributed by atoms with van der Waals surface area (Å²) in [5.41, 5.74) is 3.15. The predicted octanol–water partition coefficient (Wildman–Crippen LogP) is 5.01. The van der Waals surface area contributed by atoms with Crippen molar-refractivity contribution in [3.63, 3.8) is 0 Å². The molecule has 176 valence electrons. The van der Waals surface area contributed by atoms with Crippen LogP contribution in [-0.4, -0.2) is 33.8 Å². The standard InChI is InChI=1S/C26H27N3O4S/c1-4-5-15-29-23-14-11-21(27-26(30)19-9-12-22(33-3)13-10-19)17-24(23)34(31,32)28-25(29)20-8-6-7-18(2)16-20/h6-14,16-17H,4-5,15H2,1-3H3,(H,27,30). The SMILES string of the molecule is CCCCN1C(c2cccc(C)c2)=NS(=O)(=O)c2cc(NC(=O)c3ccc(OC)cc3)ccc21. The van der Waals surface area contributed by atoms with E-state index in [0.29, 0.717) is 35.1 Å². The lowest BCUT2D eigenvalue weighted by atomic mass is 10.1. The molecule has 7 nitrogen and oxygen atoms in total. The van der Waals surface area contributed by atoms with E-state index in [-0.39, 0.29) is 10.8 Å². The zero-order chi connectivity index (χ0) is 24.3. The number of amidine groups is 1. The zero-order valence-electron chi connectivity index (χ0n) is 19.4. The summed E-state index contributed by atoms with van der Waals surface area (Å²) in [7, 11) is -2.41. The van der Waals surface area contributed by atoms with Crippen molar-refractivity contribution in [3.8, 4) is 5.75 Å². The Morgan fingerprint density at radius 1 is 1.06 bits per heavy atom. The quantitative estimate of drug-likeness (QED) is 0.517. The first-order chi connectivity index (χ1) is 16.3. The zero-order valence-corrected chi connectivity index (χ0v) is 20.2. The van der Waals surface area contributed by atoms with Gasteiger partial charge in [-0.15, -0.1) is 4.40 Å². The number of nitrogens with zero attached hydrogens (tertiary/aromatic N) is 2. The molecule has 0 fully saturated rings. The van der Waals surface area contributed by atoms with Crippen LogP contribution in [0.25, 0.3) is 0 Å². The summed E-state index contributed by atoms with van der Waals surface area (Å²) in [6.07, 6.45) is 1.83. The molecular formula is C26H27N3O4S. The van der Waals surface area contributed by atoms with Crippen molar-refractivity contribution in [2.75, 3.05) is 23.9 Å². The molecule has 1 amide bonds. The minimum Gasteiger partial charge on any atom is -0.497 e. The van der Waals surface area contributed by atoms with Crippen LogP contribution in [0.2, 0.25) is 0 Å². The molecule has 0 saturated heterocycles. The fourth-order valence-electron chi connectivity index (χ4n) is 3.83. The molecule has 1 heterocycles. The maximum atomic E-state index is 13.2. The topological polar surface area (TPSA) is 88.1 Å². The molecule has 0 radical (unpaired) electrons. The fraction of sp³-hybridized carbons (Fsp3) is 0.231. The Hall–Kier alpha value is -3.65. The van der Waals surface area contributed by atoms with Crippen LogP contribution in [0.5, 0.6) is 5.75 Å². The molecule has 1 aliphatic heterocycles. The molecule has 3 aromatic carbocycles. The first-order valence-corrected chi connectivity index (χ1v) is 12.6. The number of hydrogen-bond acceptors (Lipinski definition) is 5. The smallest absolute Gasteiger partial charge is 0.286 e. The highest BCUT2D eigenvalue weighted by Crippen LogP contribution is 2.35. The van der Waals surface area contributed by atoms with Crippen molar-refractivity contribution in [3.05, 3.63) is 83.4 Å². The average Bonchev–Trinajstić information content (AvgIpc) is 2.83. The van der Waals surface area contributed by atoms with E-state index in [2.05, 4.69) is 16.6 Å². The molecule has 4 rings (SSSR count). The maximum Gasteiger partial charge on any atom is 0.286 e.